The average molecular weight is 494 g/mol. The average Bonchev–Trinajstić information content (AvgIpc) is 3.55. The van der Waals surface area contributed by atoms with Crippen molar-refractivity contribution in [3.05, 3.63) is 109 Å². The van der Waals surface area contributed by atoms with E-state index in [4.69, 9.17) is 0 Å². The highest BCUT2D eigenvalue weighted by molar-refractivity contribution is 7.91. The fourth-order valence-corrected chi connectivity index (χ4v) is 6.46. The number of fused-ring (bicyclic) bond motifs is 2. The minimum absolute atomic E-state index is 0.350. The van der Waals surface area contributed by atoms with Gasteiger partial charge in [-0.2, -0.15) is 0 Å². The molecule has 0 radical (unpaired) electrons. The zero-order chi connectivity index (χ0) is 24.9. The molecule has 0 saturated carbocycles. The van der Waals surface area contributed by atoms with Crippen molar-refractivity contribution in [2.45, 2.75) is 18.1 Å². The molecule has 178 valence electrons. The Kier molecular flexibility index (Phi) is 5.05. The zero-order valence-corrected chi connectivity index (χ0v) is 20.4. The number of allylic oxidation sites excluding steroid dienone is 3. The molecule has 1 N–H and O–H groups in total. The first-order valence-electron chi connectivity index (χ1n) is 11.6. The molecule has 7 heteroatoms. The van der Waals surface area contributed by atoms with Crippen molar-refractivity contribution in [2.75, 3.05) is 0 Å². The van der Waals surface area contributed by atoms with Crippen molar-refractivity contribution in [3.8, 4) is 11.1 Å². The molecule has 2 aromatic carbocycles. The molecule has 0 spiro atoms. The van der Waals surface area contributed by atoms with E-state index in [0.29, 0.717) is 17.6 Å². The number of rotatable bonds is 5. The first-order chi connectivity index (χ1) is 17.4. The SMILES string of the molecule is CC1(S(=O)(=O)n2ccc3cc(-c4ccc(C=O)cc4)cnc32)C=CC=C(c2ccc3[nH]ccc3c2)C1. The normalized spacial score (nSPS) is 18.0. The molecule has 1 aliphatic carbocycles. The summed E-state index contributed by atoms with van der Waals surface area (Å²) in [5.74, 6) is 0. The molecule has 3 aromatic heterocycles. The van der Waals surface area contributed by atoms with Gasteiger partial charge >= 0.3 is 0 Å². The molecule has 3 heterocycles. The zero-order valence-electron chi connectivity index (χ0n) is 19.5. The third-order valence-corrected chi connectivity index (χ3v) is 9.20. The van der Waals surface area contributed by atoms with Crippen LogP contribution in [-0.4, -0.2) is 33.4 Å². The molecular weight excluding hydrogens is 470 g/mol. The van der Waals surface area contributed by atoms with E-state index in [1.165, 1.54) is 3.97 Å². The van der Waals surface area contributed by atoms with Crippen LogP contribution in [0.2, 0.25) is 0 Å². The Balaban J connectivity index is 1.34. The number of nitrogens with zero attached hydrogens (tertiary/aromatic N) is 2. The Bertz CT molecular complexity index is 1810. The Morgan fingerprint density at radius 1 is 0.972 bits per heavy atom. The molecular formula is C29H23N3O3S. The molecule has 0 aliphatic heterocycles. The number of H-pyrrole nitrogens is 1. The van der Waals surface area contributed by atoms with Crippen LogP contribution < -0.4 is 0 Å². The summed E-state index contributed by atoms with van der Waals surface area (Å²) < 4.78 is 28.1. The predicted molar refractivity (Wildman–Crippen MR) is 143 cm³/mol. The molecule has 5 aromatic rings. The van der Waals surface area contributed by atoms with E-state index in [1.54, 1.807) is 43.6 Å². The summed E-state index contributed by atoms with van der Waals surface area (Å²) in [6.07, 6.45) is 11.9. The van der Waals surface area contributed by atoms with Crippen LogP contribution in [0.25, 0.3) is 38.6 Å². The second-order valence-corrected chi connectivity index (χ2v) is 11.6. The monoisotopic (exact) mass is 493 g/mol. The summed E-state index contributed by atoms with van der Waals surface area (Å²) in [5, 5.41) is 1.82. The highest BCUT2D eigenvalue weighted by atomic mass is 32.2. The lowest BCUT2D eigenvalue weighted by atomic mass is 9.90. The molecule has 36 heavy (non-hydrogen) atoms. The molecule has 6 rings (SSSR count). The number of benzene rings is 2. The van der Waals surface area contributed by atoms with Crippen LogP contribution >= 0.6 is 0 Å². The van der Waals surface area contributed by atoms with E-state index in [-0.39, 0.29) is 0 Å². The molecule has 1 atom stereocenters. The lowest BCUT2D eigenvalue weighted by molar-refractivity contribution is 0.112. The largest absolute Gasteiger partial charge is 0.361 e. The quantitative estimate of drug-likeness (QED) is 0.305. The number of aromatic nitrogens is 3. The van der Waals surface area contributed by atoms with Crippen LogP contribution in [0.4, 0.5) is 0 Å². The number of nitrogens with one attached hydrogen (secondary N) is 1. The van der Waals surface area contributed by atoms with Gasteiger partial charge in [0, 0.05) is 40.6 Å². The third-order valence-electron chi connectivity index (χ3n) is 6.93. The third kappa shape index (κ3) is 3.51. The number of aromatic amines is 1. The Hall–Kier alpha value is -4.23. The predicted octanol–water partition coefficient (Wildman–Crippen LogP) is 5.98. The Morgan fingerprint density at radius 3 is 2.56 bits per heavy atom. The van der Waals surface area contributed by atoms with E-state index in [9.17, 15) is 13.2 Å². The molecule has 0 bridgehead atoms. The van der Waals surface area contributed by atoms with Crippen molar-refractivity contribution in [3.63, 3.8) is 0 Å². The lowest BCUT2D eigenvalue weighted by Crippen LogP contribution is -2.38. The maximum Gasteiger partial charge on any atom is 0.249 e. The van der Waals surface area contributed by atoms with E-state index >= 15 is 0 Å². The van der Waals surface area contributed by atoms with Crippen molar-refractivity contribution in [2.24, 2.45) is 0 Å². The molecule has 1 aliphatic rings. The van der Waals surface area contributed by atoms with Gasteiger partial charge in [0.1, 0.15) is 11.0 Å². The van der Waals surface area contributed by atoms with Gasteiger partial charge in [0.25, 0.3) is 0 Å². The summed E-state index contributed by atoms with van der Waals surface area (Å²) in [4.78, 5) is 18.7. The summed E-state index contributed by atoms with van der Waals surface area (Å²) >= 11 is 0. The summed E-state index contributed by atoms with van der Waals surface area (Å²) in [6.45, 7) is 1.76. The number of carbonyl (C=O) groups is 1. The highest BCUT2D eigenvalue weighted by Gasteiger charge is 2.41. The molecule has 0 saturated heterocycles. The maximum atomic E-state index is 14.0. The maximum absolute atomic E-state index is 14.0. The van der Waals surface area contributed by atoms with Crippen molar-refractivity contribution in [1.29, 1.82) is 0 Å². The lowest BCUT2D eigenvalue weighted by Gasteiger charge is -2.30. The number of carbonyl (C=O) groups excluding carboxylic acids is 1. The Labute approximate surface area is 208 Å². The summed E-state index contributed by atoms with van der Waals surface area (Å²) in [7, 11) is -3.82. The van der Waals surface area contributed by atoms with Gasteiger partial charge < -0.3 is 4.98 Å². The Morgan fingerprint density at radius 2 is 1.75 bits per heavy atom. The first-order valence-corrected chi connectivity index (χ1v) is 13.1. The van der Waals surface area contributed by atoms with Gasteiger partial charge in [0.05, 0.1) is 0 Å². The van der Waals surface area contributed by atoms with Crippen LogP contribution in [-0.2, 0) is 10.0 Å². The van der Waals surface area contributed by atoms with E-state index < -0.39 is 14.8 Å². The molecule has 1 unspecified atom stereocenters. The second kappa shape index (κ2) is 8.17. The van der Waals surface area contributed by atoms with Gasteiger partial charge in [0.2, 0.25) is 10.0 Å². The number of pyridine rings is 1. The van der Waals surface area contributed by atoms with Crippen LogP contribution in [0.5, 0.6) is 0 Å². The summed E-state index contributed by atoms with van der Waals surface area (Å²) in [5.41, 5.74) is 5.77. The van der Waals surface area contributed by atoms with E-state index in [2.05, 4.69) is 16.0 Å². The van der Waals surface area contributed by atoms with Gasteiger partial charge in [-0.25, -0.2) is 17.4 Å². The standard InChI is InChI=1S/C29H23N3O3S/c1-29(12-2-3-25(17-29)22-8-9-27-23(15-22)10-13-30-27)36(34,35)32-14-11-24-16-26(18-31-28(24)32)21-6-4-20(19-33)5-7-21/h2-16,18-19,30H,17H2,1H3. The van der Waals surface area contributed by atoms with E-state index in [0.717, 1.165) is 44.8 Å². The topological polar surface area (TPSA) is 84.8 Å². The minimum Gasteiger partial charge on any atom is -0.361 e. The number of hydrogen-bond acceptors (Lipinski definition) is 4. The van der Waals surface area contributed by atoms with E-state index in [1.807, 2.05) is 54.7 Å². The van der Waals surface area contributed by atoms with Crippen LogP contribution in [0, 0.1) is 0 Å². The van der Waals surface area contributed by atoms with Gasteiger partial charge in [-0.05, 0) is 65.8 Å². The van der Waals surface area contributed by atoms with Gasteiger partial charge in [0.15, 0.2) is 5.65 Å². The van der Waals surface area contributed by atoms with Gasteiger partial charge in [-0.1, -0.05) is 48.6 Å². The second-order valence-electron chi connectivity index (χ2n) is 9.31. The first kappa shape index (κ1) is 22.2. The number of hydrogen-bond donors (Lipinski definition) is 1. The highest BCUT2D eigenvalue weighted by Crippen LogP contribution is 2.38. The van der Waals surface area contributed by atoms with Crippen molar-refractivity contribution >= 4 is 43.8 Å². The van der Waals surface area contributed by atoms with Crippen LogP contribution in [0.1, 0.15) is 29.3 Å². The van der Waals surface area contributed by atoms with Crippen LogP contribution in [0.15, 0.2) is 97.5 Å². The molecule has 0 amide bonds. The summed E-state index contributed by atoms with van der Waals surface area (Å²) in [6, 6.07) is 19.0. The van der Waals surface area contributed by atoms with Crippen molar-refractivity contribution in [1.82, 2.24) is 13.9 Å². The van der Waals surface area contributed by atoms with Crippen LogP contribution in [0.3, 0.4) is 0 Å². The molecule has 0 fully saturated rings. The fourth-order valence-electron chi connectivity index (χ4n) is 4.82. The smallest absolute Gasteiger partial charge is 0.249 e. The minimum atomic E-state index is -3.82. The van der Waals surface area contributed by atoms with Crippen molar-refractivity contribution < 1.29 is 13.2 Å². The fraction of sp³-hybridized carbons (Fsp3) is 0.103. The van der Waals surface area contributed by atoms with Gasteiger partial charge in [-0.3, -0.25) is 4.79 Å². The number of aldehydes is 1. The van der Waals surface area contributed by atoms with Gasteiger partial charge in [-0.15, -0.1) is 0 Å². The molecule has 6 nitrogen and oxygen atoms in total.